The second-order valence-corrected chi connectivity index (χ2v) is 6.94. The molecule has 2 aromatic carbocycles. The lowest BCUT2D eigenvalue weighted by Crippen LogP contribution is -2.18. The Balaban J connectivity index is 1.85. The molecule has 27 heavy (non-hydrogen) atoms. The van der Waals surface area contributed by atoms with Gasteiger partial charge in [-0.1, -0.05) is 30.3 Å². The van der Waals surface area contributed by atoms with Crippen molar-refractivity contribution in [2.75, 3.05) is 19.0 Å². The monoisotopic (exact) mass is 387 g/mol. The number of hydrogen-bond donors (Lipinski definition) is 2. The van der Waals surface area contributed by atoms with Crippen LogP contribution >= 0.6 is 11.8 Å². The van der Waals surface area contributed by atoms with Gasteiger partial charge in [-0.25, -0.2) is 4.79 Å². The molecule has 0 amide bonds. The number of rotatable bonds is 11. The number of carbonyl (C=O) groups is 1. The minimum atomic E-state index is -0.960. The lowest BCUT2D eigenvalue weighted by Gasteiger charge is -2.11. The van der Waals surface area contributed by atoms with Gasteiger partial charge in [0.1, 0.15) is 5.75 Å². The molecule has 2 rings (SSSR count). The third kappa shape index (κ3) is 7.37. The number of benzene rings is 2. The Hall–Kier alpha value is -2.44. The molecule has 0 aliphatic carbocycles. The van der Waals surface area contributed by atoms with Crippen molar-refractivity contribution < 1.29 is 19.5 Å². The number of aliphatic carboxylic acids is 1. The first-order chi connectivity index (χ1) is 13.1. The number of carboxylic acids is 1. The number of hydroxylamine groups is 1. The van der Waals surface area contributed by atoms with Crippen LogP contribution < -0.4 is 10.2 Å². The van der Waals surface area contributed by atoms with E-state index in [4.69, 9.17) is 9.57 Å². The lowest BCUT2D eigenvalue weighted by atomic mass is 10.0. The standard InChI is InChI=1S/C21H25NO4S/c1-3-26-22-16(2)20(21(23)24)15-17-9-11-18(12-10-17)25-13-14-27-19-7-5-4-6-8-19/h4-12,22H,3,13-15H2,1-2H3,(H,23,24). The molecule has 5 nitrogen and oxygen atoms in total. The molecule has 0 heterocycles. The summed E-state index contributed by atoms with van der Waals surface area (Å²) in [6.07, 6.45) is 0.311. The Bertz CT molecular complexity index is 745. The first-order valence-corrected chi connectivity index (χ1v) is 9.79. The second kappa shape index (κ2) is 11.3. The van der Waals surface area contributed by atoms with E-state index in [2.05, 4.69) is 17.6 Å². The van der Waals surface area contributed by atoms with Crippen molar-refractivity contribution in [1.29, 1.82) is 0 Å². The van der Waals surface area contributed by atoms with Crippen LogP contribution in [-0.4, -0.2) is 30.0 Å². The van der Waals surface area contributed by atoms with Crippen LogP contribution in [-0.2, 0) is 16.1 Å². The quantitative estimate of drug-likeness (QED) is 0.259. The predicted molar refractivity (Wildman–Crippen MR) is 108 cm³/mol. The van der Waals surface area contributed by atoms with E-state index in [1.54, 1.807) is 18.7 Å². The highest BCUT2D eigenvalue weighted by atomic mass is 32.2. The van der Waals surface area contributed by atoms with E-state index in [1.165, 1.54) is 4.90 Å². The molecular weight excluding hydrogens is 362 g/mol. The van der Waals surface area contributed by atoms with Crippen molar-refractivity contribution in [2.45, 2.75) is 25.2 Å². The highest BCUT2D eigenvalue weighted by Crippen LogP contribution is 2.19. The van der Waals surface area contributed by atoms with Crippen LogP contribution in [0.15, 0.2) is 70.8 Å². The average Bonchev–Trinajstić information content (AvgIpc) is 2.69. The molecule has 2 aromatic rings. The molecule has 0 radical (unpaired) electrons. The summed E-state index contributed by atoms with van der Waals surface area (Å²) in [6, 6.07) is 17.7. The van der Waals surface area contributed by atoms with Gasteiger partial charge in [0.2, 0.25) is 0 Å². The topological polar surface area (TPSA) is 67.8 Å². The number of allylic oxidation sites excluding steroid dienone is 1. The molecule has 0 aromatic heterocycles. The molecule has 0 saturated carbocycles. The van der Waals surface area contributed by atoms with Gasteiger partial charge in [-0.3, -0.25) is 10.3 Å². The predicted octanol–water partition coefficient (Wildman–Crippen LogP) is 4.30. The first kappa shape index (κ1) is 20.9. The summed E-state index contributed by atoms with van der Waals surface area (Å²) in [5.74, 6) is 0.676. The van der Waals surface area contributed by atoms with Crippen LogP contribution in [0.2, 0.25) is 0 Å². The van der Waals surface area contributed by atoms with Gasteiger partial charge in [-0.05, 0) is 43.7 Å². The van der Waals surface area contributed by atoms with Crippen molar-refractivity contribution >= 4 is 17.7 Å². The highest BCUT2D eigenvalue weighted by Gasteiger charge is 2.13. The van der Waals surface area contributed by atoms with E-state index >= 15 is 0 Å². The van der Waals surface area contributed by atoms with Crippen LogP contribution in [0.5, 0.6) is 5.75 Å². The summed E-state index contributed by atoms with van der Waals surface area (Å²) in [5, 5.41) is 9.42. The van der Waals surface area contributed by atoms with Gasteiger partial charge < -0.3 is 9.84 Å². The molecule has 0 atom stereocenters. The molecule has 2 N–H and O–H groups in total. The molecule has 0 unspecified atom stereocenters. The van der Waals surface area contributed by atoms with Crippen molar-refractivity contribution in [1.82, 2.24) is 5.48 Å². The van der Waals surface area contributed by atoms with Gasteiger partial charge in [0.25, 0.3) is 0 Å². The van der Waals surface area contributed by atoms with E-state index in [0.717, 1.165) is 17.1 Å². The molecule has 6 heteroatoms. The second-order valence-electron chi connectivity index (χ2n) is 5.77. The van der Waals surface area contributed by atoms with Crippen molar-refractivity contribution in [2.24, 2.45) is 0 Å². The van der Waals surface area contributed by atoms with Crippen molar-refractivity contribution in [3.8, 4) is 5.75 Å². The maximum absolute atomic E-state index is 11.5. The Morgan fingerprint density at radius 2 is 1.81 bits per heavy atom. The van der Waals surface area contributed by atoms with E-state index < -0.39 is 5.97 Å². The zero-order valence-corrected chi connectivity index (χ0v) is 16.4. The number of thioether (sulfide) groups is 1. The average molecular weight is 388 g/mol. The zero-order valence-electron chi connectivity index (χ0n) is 15.6. The number of hydrogen-bond acceptors (Lipinski definition) is 5. The maximum Gasteiger partial charge on any atom is 0.333 e. The number of carboxylic acid groups (broad SMARTS) is 1. The fourth-order valence-corrected chi connectivity index (χ4v) is 3.11. The van der Waals surface area contributed by atoms with Gasteiger partial charge in [-0.2, -0.15) is 0 Å². The van der Waals surface area contributed by atoms with E-state index in [0.29, 0.717) is 25.3 Å². The Labute approximate surface area is 164 Å². The largest absolute Gasteiger partial charge is 0.493 e. The SMILES string of the molecule is CCONC(C)=C(Cc1ccc(OCCSc2ccccc2)cc1)C(=O)O. The molecule has 0 bridgehead atoms. The number of nitrogens with one attached hydrogen (secondary N) is 1. The molecule has 0 fully saturated rings. The van der Waals surface area contributed by atoms with Crippen LogP contribution in [0, 0.1) is 0 Å². The summed E-state index contributed by atoms with van der Waals surface area (Å²) in [4.78, 5) is 17.8. The van der Waals surface area contributed by atoms with Crippen molar-refractivity contribution in [3.63, 3.8) is 0 Å². The molecule has 144 valence electrons. The first-order valence-electron chi connectivity index (χ1n) is 8.80. The summed E-state index contributed by atoms with van der Waals surface area (Å²) >= 11 is 1.75. The summed E-state index contributed by atoms with van der Waals surface area (Å²) in [5.41, 5.74) is 4.34. The fourth-order valence-electron chi connectivity index (χ4n) is 2.35. The van der Waals surface area contributed by atoms with Gasteiger partial charge in [0.05, 0.1) is 18.8 Å². The Kier molecular flexibility index (Phi) is 8.74. The van der Waals surface area contributed by atoms with E-state index in [9.17, 15) is 9.90 Å². The minimum absolute atomic E-state index is 0.274. The highest BCUT2D eigenvalue weighted by molar-refractivity contribution is 7.99. The zero-order chi connectivity index (χ0) is 19.5. The number of ether oxygens (including phenoxy) is 1. The summed E-state index contributed by atoms with van der Waals surface area (Å²) in [7, 11) is 0. The molecular formula is C21H25NO4S. The van der Waals surface area contributed by atoms with Crippen LogP contribution in [0.1, 0.15) is 19.4 Å². The van der Waals surface area contributed by atoms with E-state index in [1.807, 2.05) is 49.4 Å². The third-order valence-corrected chi connectivity index (χ3v) is 4.72. The molecule has 0 aliphatic rings. The summed E-state index contributed by atoms with van der Waals surface area (Å²) in [6.45, 7) is 4.59. The van der Waals surface area contributed by atoms with Gasteiger partial charge >= 0.3 is 5.97 Å². The normalized spacial score (nSPS) is 11.6. The van der Waals surface area contributed by atoms with Gasteiger partial charge in [0.15, 0.2) is 0 Å². The van der Waals surface area contributed by atoms with Crippen LogP contribution in [0.25, 0.3) is 0 Å². The lowest BCUT2D eigenvalue weighted by molar-refractivity contribution is -0.132. The fraction of sp³-hybridized carbons (Fsp3) is 0.286. The van der Waals surface area contributed by atoms with Gasteiger partial charge in [0, 0.05) is 22.8 Å². The van der Waals surface area contributed by atoms with Crippen LogP contribution in [0.3, 0.4) is 0 Å². The maximum atomic E-state index is 11.5. The van der Waals surface area contributed by atoms with Gasteiger partial charge in [-0.15, -0.1) is 11.8 Å². The third-order valence-electron chi connectivity index (χ3n) is 3.75. The van der Waals surface area contributed by atoms with E-state index in [-0.39, 0.29) is 5.57 Å². The smallest absolute Gasteiger partial charge is 0.333 e. The Morgan fingerprint density at radius 3 is 2.44 bits per heavy atom. The minimum Gasteiger partial charge on any atom is -0.493 e. The van der Waals surface area contributed by atoms with Crippen LogP contribution in [0.4, 0.5) is 0 Å². The van der Waals surface area contributed by atoms with Crippen molar-refractivity contribution in [3.05, 3.63) is 71.4 Å². The Morgan fingerprint density at radius 1 is 1.11 bits per heavy atom. The molecule has 0 saturated heterocycles. The molecule has 0 aliphatic heterocycles. The molecule has 0 spiro atoms. The summed E-state index contributed by atoms with van der Waals surface area (Å²) < 4.78 is 5.75.